The number of hydrogen-bond donors (Lipinski definition) is 4. The predicted molar refractivity (Wildman–Crippen MR) is 205 cm³/mol. The molecule has 1 heterocycles. The summed E-state index contributed by atoms with van der Waals surface area (Å²) in [4.78, 5) is 70.7. The van der Waals surface area contributed by atoms with Gasteiger partial charge in [0.05, 0.1) is 42.7 Å². The van der Waals surface area contributed by atoms with Crippen molar-refractivity contribution in [2.24, 2.45) is 23.7 Å². The van der Waals surface area contributed by atoms with E-state index in [0.29, 0.717) is 19.4 Å². The van der Waals surface area contributed by atoms with Gasteiger partial charge in [-0.15, -0.1) is 0 Å². The summed E-state index contributed by atoms with van der Waals surface area (Å²) in [6.45, 7) is 15.6. The zero-order valence-corrected chi connectivity index (χ0v) is 34.0. The SMILES string of the molecule is CC[C@H](C)[C@@H]([C@@H](CC(=O)N1CCC[C@H]1[C@H](OC)[C@@H](C)C(=O)NC(C(=O)O)C(C)c1ccccc1)OC)N(C)C(=O)[C@@H](NC(=O)C(NC)C(C)C)C(C)C. The molecule has 1 aliphatic rings. The second-order valence-electron chi connectivity index (χ2n) is 15.4. The summed E-state index contributed by atoms with van der Waals surface area (Å²) >= 11 is 0. The largest absolute Gasteiger partial charge is 0.480 e. The number of carboxylic acids is 1. The maximum Gasteiger partial charge on any atom is 0.326 e. The molecule has 0 aliphatic carbocycles. The molecule has 3 unspecified atom stereocenters. The zero-order chi connectivity index (χ0) is 40.2. The Bertz CT molecular complexity index is 1340. The third-order valence-electron chi connectivity index (χ3n) is 11.1. The van der Waals surface area contributed by atoms with Gasteiger partial charge in [-0.25, -0.2) is 4.79 Å². The van der Waals surface area contributed by atoms with Crippen molar-refractivity contribution in [1.82, 2.24) is 25.8 Å². The molecular weight excluding hydrogens is 678 g/mol. The van der Waals surface area contributed by atoms with Crippen LogP contribution in [0.1, 0.15) is 92.6 Å². The van der Waals surface area contributed by atoms with E-state index in [1.807, 2.05) is 71.9 Å². The third-order valence-corrected chi connectivity index (χ3v) is 11.1. The maximum absolute atomic E-state index is 14.2. The number of methoxy groups -OCH3 is 2. The molecule has 53 heavy (non-hydrogen) atoms. The summed E-state index contributed by atoms with van der Waals surface area (Å²) in [5, 5.41) is 18.8. The fourth-order valence-electron chi connectivity index (χ4n) is 7.68. The second kappa shape index (κ2) is 21.4. The lowest BCUT2D eigenvalue weighted by molar-refractivity contribution is -0.148. The Kier molecular flexibility index (Phi) is 18.4. The molecule has 0 saturated carbocycles. The molecule has 4 amide bonds. The first kappa shape index (κ1) is 45.6. The van der Waals surface area contributed by atoms with Gasteiger partial charge in [0.2, 0.25) is 23.6 Å². The third kappa shape index (κ3) is 11.7. The van der Waals surface area contributed by atoms with Gasteiger partial charge in [-0.1, -0.05) is 92.1 Å². The molecular formula is C40H67N5O8. The highest BCUT2D eigenvalue weighted by Gasteiger charge is 2.43. The van der Waals surface area contributed by atoms with Crippen LogP contribution in [0.4, 0.5) is 0 Å². The standard InChI is InChI=1S/C40H67N5O8/c1-13-25(6)35(44(10)39(49)33(24(4)5)42-38(48)32(41-9)23(2)3)30(52-11)22-31(46)45-21-17-20-29(45)36(53-12)27(8)37(47)43-34(40(50)51)26(7)28-18-15-14-16-19-28/h14-16,18-19,23-27,29-30,32-36,41H,13,17,20-22H2,1-12H3,(H,42,48)(H,43,47)(H,50,51)/t25-,26?,27+,29-,30+,32?,33-,34?,35-,36+/m0/s1. The fraction of sp³-hybridized carbons (Fsp3) is 0.725. The van der Waals surface area contributed by atoms with Crippen LogP contribution in [0, 0.1) is 23.7 Å². The van der Waals surface area contributed by atoms with Gasteiger partial charge in [0, 0.05) is 33.7 Å². The molecule has 10 atom stereocenters. The summed E-state index contributed by atoms with van der Waals surface area (Å²) in [5.41, 5.74) is 0.789. The van der Waals surface area contributed by atoms with Crippen LogP contribution in [0.5, 0.6) is 0 Å². The van der Waals surface area contributed by atoms with Crippen LogP contribution < -0.4 is 16.0 Å². The maximum atomic E-state index is 14.2. The highest BCUT2D eigenvalue weighted by molar-refractivity contribution is 5.90. The number of rotatable bonds is 21. The van der Waals surface area contributed by atoms with Gasteiger partial charge in [-0.05, 0) is 43.2 Å². The van der Waals surface area contributed by atoms with Crippen LogP contribution >= 0.6 is 0 Å². The first-order chi connectivity index (χ1) is 25.0. The van der Waals surface area contributed by atoms with Crippen LogP contribution in [0.25, 0.3) is 0 Å². The number of likely N-dealkylation sites (tertiary alicyclic amines) is 1. The molecule has 0 aromatic heterocycles. The summed E-state index contributed by atoms with van der Waals surface area (Å²) in [5.74, 6) is -3.77. The Morgan fingerprint density at radius 2 is 1.47 bits per heavy atom. The number of ether oxygens (including phenoxy) is 2. The molecule has 13 nitrogen and oxygen atoms in total. The van der Waals surface area contributed by atoms with Crippen molar-refractivity contribution >= 4 is 29.6 Å². The van der Waals surface area contributed by atoms with Crippen LogP contribution in [0.2, 0.25) is 0 Å². The predicted octanol–water partition coefficient (Wildman–Crippen LogP) is 3.66. The van der Waals surface area contributed by atoms with E-state index in [1.165, 1.54) is 14.2 Å². The lowest BCUT2D eigenvalue weighted by Crippen LogP contribution is -2.59. The van der Waals surface area contributed by atoms with Gasteiger partial charge >= 0.3 is 5.97 Å². The van der Waals surface area contributed by atoms with E-state index in [-0.39, 0.29) is 41.9 Å². The summed E-state index contributed by atoms with van der Waals surface area (Å²) in [6.07, 6.45) is 0.665. The molecule has 0 radical (unpaired) electrons. The molecule has 1 aromatic rings. The van der Waals surface area contributed by atoms with E-state index >= 15 is 0 Å². The van der Waals surface area contributed by atoms with Crippen molar-refractivity contribution in [3.05, 3.63) is 35.9 Å². The van der Waals surface area contributed by atoms with Crippen LogP contribution in [0.15, 0.2) is 30.3 Å². The number of nitrogens with one attached hydrogen (secondary N) is 3. The smallest absolute Gasteiger partial charge is 0.326 e. The first-order valence-electron chi connectivity index (χ1n) is 19.1. The topological polar surface area (TPSA) is 167 Å². The lowest BCUT2D eigenvalue weighted by Gasteiger charge is -2.41. The van der Waals surface area contributed by atoms with E-state index in [9.17, 15) is 29.1 Å². The number of likely N-dealkylation sites (N-methyl/N-ethyl adjacent to an activating group) is 2. The van der Waals surface area contributed by atoms with Gasteiger partial charge in [0.15, 0.2) is 0 Å². The van der Waals surface area contributed by atoms with Crippen molar-refractivity contribution in [3.8, 4) is 0 Å². The number of hydrogen-bond acceptors (Lipinski definition) is 8. The van der Waals surface area contributed by atoms with Crippen LogP contribution in [-0.4, -0.2) is 122 Å². The average Bonchev–Trinajstić information content (AvgIpc) is 3.61. The van der Waals surface area contributed by atoms with Gasteiger partial charge < -0.3 is 40.3 Å². The zero-order valence-electron chi connectivity index (χ0n) is 34.0. The fourth-order valence-corrected chi connectivity index (χ4v) is 7.68. The monoisotopic (exact) mass is 745 g/mol. The van der Waals surface area contributed by atoms with E-state index in [4.69, 9.17) is 9.47 Å². The number of benzene rings is 1. The highest BCUT2D eigenvalue weighted by atomic mass is 16.5. The van der Waals surface area contributed by atoms with E-state index in [1.54, 1.807) is 37.7 Å². The minimum atomic E-state index is -1.16. The molecule has 0 spiro atoms. The van der Waals surface area contributed by atoms with Crippen molar-refractivity contribution in [2.75, 3.05) is 34.9 Å². The second-order valence-corrected chi connectivity index (χ2v) is 15.4. The Morgan fingerprint density at radius 1 is 0.887 bits per heavy atom. The van der Waals surface area contributed by atoms with Gasteiger partial charge in [-0.3, -0.25) is 19.2 Å². The quantitative estimate of drug-likeness (QED) is 0.147. The number of aliphatic carboxylic acids is 1. The average molecular weight is 746 g/mol. The Hall–Kier alpha value is -3.55. The van der Waals surface area contributed by atoms with E-state index < -0.39 is 66.1 Å². The van der Waals surface area contributed by atoms with Crippen LogP contribution in [-0.2, 0) is 33.4 Å². The minimum Gasteiger partial charge on any atom is -0.480 e. The van der Waals surface area contributed by atoms with Gasteiger partial charge in [0.1, 0.15) is 12.1 Å². The Morgan fingerprint density at radius 3 is 1.96 bits per heavy atom. The number of amides is 4. The number of nitrogens with zero attached hydrogens (tertiary/aromatic N) is 2. The number of carbonyl (C=O) groups is 5. The summed E-state index contributed by atoms with van der Waals surface area (Å²) < 4.78 is 11.9. The molecule has 1 saturated heterocycles. The van der Waals surface area contributed by atoms with Crippen LogP contribution in [0.3, 0.4) is 0 Å². The van der Waals surface area contributed by atoms with Gasteiger partial charge in [0.25, 0.3) is 0 Å². The molecule has 300 valence electrons. The summed E-state index contributed by atoms with van der Waals surface area (Å²) in [6, 6.07) is 5.86. The minimum absolute atomic E-state index is 0.0137. The van der Waals surface area contributed by atoms with Crippen molar-refractivity contribution in [2.45, 2.75) is 129 Å². The van der Waals surface area contributed by atoms with Crippen molar-refractivity contribution in [3.63, 3.8) is 0 Å². The molecule has 4 N–H and O–H groups in total. The first-order valence-corrected chi connectivity index (χ1v) is 19.1. The molecule has 2 rings (SSSR count). The van der Waals surface area contributed by atoms with E-state index in [2.05, 4.69) is 16.0 Å². The van der Waals surface area contributed by atoms with E-state index in [0.717, 1.165) is 12.0 Å². The molecule has 1 fully saturated rings. The molecule has 1 aliphatic heterocycles. The molecule has 13 heteroatoms. The molecule has 1 aromatic carbocycles. The summed E-state index contributed by atoms with van der Waals surface area (Å²) in [7, 11) is 6.46. The Balaban J connectivity index is 2.28. The Labute approximate surface area is 317 Å². The molecule has 0 bridgehead atoms. The highest BCUT2D eigenvalue weighted by Crippen LogP contribution is 2.30. The lowest BCUT2D eigenvalue weighted by atomic mass is 9.89. The van der Waals surface area contributed by atoms with Crippen molar-refractivity contribution < 1.29 is 38.6 Å². The number of carboxylic acid groups (broad SMARTS) is 1. The van der Waals surface area contributed by atoms with Crippen molar-refractivity contribution in [1.29, 1.82) is 0 Å². The number of carbonyl (C=O) groups excluding carboxylic acids is 4. The normalized spacial score (nSPS) is 19.7. The van der Waals surface area contributed by atoms with Gasteiger partial charge in [-0.2, -0.15) is 0 Å².